The maximum Gasteiger partial charge on any atom is 0.226 e. The van der Waals surface area contributed by atoms with Crippen LogP contribution in [0.4, 0.5) is 10.1 Å². The van der Waals surface area contributed by atoms with Gasteiger partial charge in [0.05, 0.1) is 22.8 Å². The van der Waals surface area contributed by atoms with Crippen molar-refractivity contribution in [2.75, 3.05) is 11.9 Å². The van der Waals surface area contributed by atoms with E-state index in [4.69, 9.17) is 23.8 Å². The number of thiocarbonyl (C=S) groups is 1. The number of aromatic nitrogens is 3. The second kappa shape index (κ2) is 10.4. The van der Waals surface area contributed by atoms with Crippen LogP contribution >= 0.6 is 23.8 Å². The van der Waals surface area contributed by atoms with Gasteiger partial charge in [-0.3, -0.25) is 9.78 Å². The zero-order valence-electron chi connectivity index (χ0n) is 19.0. The molecule has 1 aliphatic rings. The molecule has 182 valence electrons. The van der Waals surface area contributed by atoms with Crippen molar-refractivity contribution in [3.8, 4) is 5.82 Å². The number of anilines is 1. The van der Waals surface area contributed by atoms with Gasteiger partial charge in [0, 0.05) is 42.9 Å². The molecule has 0 aliphatic carbocycles. The summed E-state index contributed by atoms with van der Waals surface area (Å²) in [5.41, 5.74) is 2.31. The van der Waals surface area contributed by atoms with Crippen LogP contribution in [0, 0.1) is 5.82 Å². The van der Waals surface area contributed by atoms with Crippen molar-refractivity contribution in [1.29, 1.82) is 0 Å². The molecule has 1 amide bonds. The third kappa shape index (κ3) is 5.07. The van der Waals surface area contributed by atoms with Gasteiger partial charge in [0.2, 0.25) is 5.91 Å². The predicted octanol–water partition coefficient (Wildman–Crippen LogP) is 5.06. The highest BCUT2D eigenvalue weighted by Crippen LogP contribution is 2.39. The first-order valence-corrected chi connectivity index (χ1v) is 12.1. The molecule has 0 spiro atoms. The van der Waals surface area contributed by atoms with Gasteiger partial charge in [-0.25, -0.2) is 9.37 Å². The lowest BCUT2D eigenvalue weighted by molar-refractivity contribution is -0.116. The largest absolute Gasteiger partial charge is 0.352 e. The molecule has 2 N–H and O–H groups in total. The molecular weight excluding hydrogens is 499 g/mol. The summed E-state index contributed by atoms with van der Waals surface area (Å²) in [4.78, 5) is 23.7. The van der Waals surface area contributed by atoms with Gasteiger partial charge in [0.25, 0.3) is 0 Å². The standard InChI is InChI=1S/C26H22ClFN6OS/c27-17-6-11-22(30-16-17)33-14-3-5-21(33)25-24(20-4-1-2-13-29-20)32-26(36)34(25)15-12-23(35)31-19-9-7-18(28)8-10-19/h1-11,13-14,16,24-25H,12,15H2,(H,31,35)(H,32,36)/t24-,25+/m1/s1. The highest BCUT2D eigenvalue weighted by atomic mass is 35.5. The first-order chi connectivity index (χ1) is 17.5. The van der Waals surface area contributed by atoms with E-state index >= 15 is 0 Å². The number of amides is 1. The SMILES string of the molecule is O=C(CCN1C(=S)N[C@H](c2ccccn2)[C@@H]1c1cccn1-c1ccc(Cl)cn1)Nc1ccc(F)cc1. The number of halogens is 2. The molecule has 5 rings (SSSR count). The minimum absolute atomic E-state index is 0.185. The van der Waals surface area contributed by atoms with Crippen LogP contribution in [0.5, 0.6) is 0 Å². The molecule has 1 saturated heterocycles. The van der Waals surface area contributed by atoms with E-state index in [0.717, 1.165) is 11.4 Å². The second-order valence-electron chi connectivity index (χ2n) is 8.26. The maximum atomic E-state index is 13.2. The quantitative estimate of drug-likeness (QED) is 0.332. The zero-order valence-corrected chi connectivity index (χ0v) is 20.6. The molecule has 2 atom stereocenters. The van der Waals surface area contributed by atoms with Crippen LogP contribution in [0.3, 0.4) is 0 Å². The lowest BCUT2D eigenvalue weighted by atomic mass is 10.0. The molecule has 7 nitrogen and oxygen atoms in total. The van der Waals surface area contributed by atoms with Gasteiger partial charge >= 0.3 is 0 Å². The van der Waals surface area contributed by atoms with Crippen LogP contribution < -0.4 is 10.6 Å². The summed E-state index contributed by atoms with van der Waals surface area (Å²) >= 11 is 11.8. The predicted molar refractivity (Wildman–Crippen MR) is 140 cm³/mol. The van der Waals surface area contributed by atoms with Crippen LogP contribution in [0.15, 0.2) is 85.3 Å². The Balaban J connectivity index is 1.43. The second-order valence-corrected chi connectivity index (χ2v) is 9.09. The summed E-state index contributed by atoms with van der Waals surface area (Å²) in [7, 11) is 0. The number of hydrogen-bond donors (Lipinski definition) is 2. The first kappa shape index (κ1) is 23.9. The average Bonchev–Trinajstić information content (AvgIpc) is 3.49. The van der Waals surface area contributed by atoms with E-state index in [1.54, 1.807) is 18.5 Å². The van der Waals surface area contributed by atoms with Crippen LogP contribution in [0.25, 0.3) is 5.82 Å². The normalized spacial score (nSPS) is 17.2. The van der Waals surface area contributed by atoms with E-state index in [1.165, 1.54) is 24.3 Å². The summed E-state index contributed by atoms with van der Waals surface area (Å²) in [5.74, 6) is 0.160. The number of rotatable bonds is 7. The molecule has 1 aromatic carbocycles. The van der Waals surface area contributed by atoms with Crippen molar-refractivity contribution < 1.29 is 9.18 Å². The first-order valence-electron chi connectivity index (χ1n) is 11.3. The molecule has 4 heterocycles. The average molecular weight is 521 g/mol. The molecule has 0 saturated carbocycles. The lowest BCUT2D eigenvalue weighted by Crippen LogP contribution is -2.33. The van der Waals surface area contributed by atoms with Crippen molar-refractivity contribution in [3.05, 3.63) is 108 Å². The maximum absolute atomic E-state index is 13.2. The lowest BCUT2D eigenvalue weighted by Gasteiger charge is -2.28. The molecule has 3 aromatic heterocycles. The summed E-state index contributed by atoms with van der Waals surface area (Å²) in [6.45, 7) is 0.367. The Morgan fingerprint density at radius 1 is 1.08 bits per heavy atom. The number of hydrogen-bond acceptors (Lipinski definition) is 4. The molecular formula is C26H22ClFN6OS. The fourth-order valence-corrected chi connectivity index (χ4v) is 4.74. The van der Waals surface area contributed by atoms with E-state index in [0.29, 0.717) is 28.2 Å². The van der Waals surface area contributed by atoms with Crippen molar-refractivity contribution in [2.45, 2.75) is 18.5 Å². The van der Waals surface area contributed by atoms with Crippen LogP contribution in [-0.2, 0) is 4.79 Å². The third-order valence-corrected chi connectivity index (χ3v) is 6.52. The monoisotopic (exact) mass is 520 g/mol. The molecule has 0 radical (unpaired) electrons. The van der Waals surface area contributed by atoms with E-state index in [-0.39, 0.29) is 30.2 Å². The number of carbonyl (C=O) groups excluding carboxylic acids is 1. The third-order valence-electron chi connectivity index (χ3n) is 5.95. The topological polar surface area (TPSA) is 75.1 Å². The smallest absolute Gasteiger partial charge is 0.226 e. The van der Waals surface area contributed by atoms with Crippen LogP contribution in [0.1, 0.15) is 29.9 Å². The Kier molecular flexibility index (Phi) is 6.92. The van der Waals surface area contributed by atoms with Gasteiger partial charge in [-0.1, -0.05) is 17.7 Å². The molecule has 1 fully saturated rings. The Morgan fingerprint density at radius 3 is 2.64 bits per heavy atom. The van der Waals surface area contributed by atoms with Crippen molar-refractivity contribution in [3.63, 3.8) is 0 Å². The molecule has 0 unspecified atom stereocenters. The van der Waals surface area contributed by atoms with Gasteiger partial charge < -0.3 is 20.1 Å². The number of nitrogens with one attached hydrogen (secondary N) is 2. The molecule has 0 bridgehead atoms. The zero-order chi connectivity index (χ0) is 25.1. The summed E-state index contributed by atoms with van der Waals surface area (Å²) in [6, 6.07) is 18.5. The van der Waals surface area contributed by atoms with E-state index < -0.39 is 0 Å². The van der Waals surface area contributed by atoms with E-state index in [2.05, 4.69) is 20.6 Å². The van der Waals surface area contributed by atoms with Crippen LogP contribution in [-0.4, -0.2) is 37.0 Å². The van der Waals surface area contributed by atoms with Crippen molar-refractivity contribution in [2.24, 2.45) is 0 Å². The number of nitrogens with zero attached hydrogens (tertiary/aromatic N) is 4. The minimum Gasteiger partial charge on any atom is -0.352 e. The van der Waals surface area contributed by atoms with Gasteiger partial charge in [-0.05, 0) is 72.9 Å². The van der Waals surface area contributed by atoms with Gasteiger partial charge in [-0.15, -0.1) is 0 Å². The Morgan fingerprint density at radius 2 is 1.92 bits per heavy atom. The van der Waals surface area contributed by atoms with Crippen LogP contribution in [0.2, 0.25) is 5.02 Å². The molecule has 36 heavy (non-hydrogen) atoms. The fraction of sp³-hybridized carbons (Fsp3) is 0.154. The van der Waals surface area contributed by atoms with E-state index in [9.17, 15) is 9.18 Å². The van der Waals surface area contributed by atoms with Crippen molar-refractivity contribution in [1.82, 2.24) is 24.8 Å². The summed E-state index contributed by atoms with van der Waals surface area (Å²) < 4.78 is 15.2. The van der Waals surface area contributed by atoms with Gasteiger partial charge in [0.15, 0.2) is 5.11 Å². The molecule has 4 aromatic rings. The van der Waals surface area contributed by atoms with E-state index in [1.807, 2.05) is 52.1 Å². The highest BCUT2D eigenvalue weighted by molar-refractivity contribution is 7.80. The Hall–Kier alpha value is -3.82. The Bertz CT molecular complexity index is 1360. The highest BCUT2D eigenvalue weighted by Gasteiger charge is 2.41. The number of carbonyl (C=O) groups is 1. The fourth-order valence-electron chi connectivity index (χ4n) is 4.30. The minimum atomic E-state index is -0.358. The Labute approximate surface area is 217 Å². The number of benzene rings is 1. The molecule has 1 aliphatic heterocycles. The summed E-state index contributed by atoms with van der Waals surface area (Å²) in [6.07, 6.45) is 5.47. The molecule has 10 heteroatoms. The number of pyridine rings is 2. The van der Waals surface area contributed by atoms with Gasteiger partial charge in [0.1, 0.15) is 11.6 Å². The van der Waals surface area contributed by atoms with Gasteiger partial charge in [-0.2, -0.15) is 0 Å². The summed E-state index contributed by atoms with van der Waals surface area (Å²) in [5, 5.41) is 7.28. The van der Waals surface area contributed by atoms with Crippen molar-refractivity contribution >= 4 is 40.5 Å².